The van der Waals surface area contributed by atoms with Crippen LogP contribution in [-0.4, -0.2) is 231 Å². The van der Waals surface area contributed by atoms with Gasteiger partial charge in [0, 0.05) is 142 Å². The molecule has 96 heavy (non-hydrogen) atoms. The van der Waals surface area contributed by atoms with Crippen LogP contribution in [0.2, 0.25) is 0 Å². The highest BCUT2D eigenvalue weighted by Gasteiger charge is 2.25. The topological polar surface area (TPSA) is 254 Å². The van der Waals surface area contributed by atoms with Crippen LogP contribution in [0.4, 0.5) is 22.7 Å². The minimum absolute atomic E-state index is 0.0186. The third-order valence-electron chi connectivity index (χ3n) is 19.3. The summed E-state index contributed by atoms with van der Waals surface area (Å²) in [6.45, 7) is 20.7. The molecule has 8 aliphatic rings. The fourth-order valence-corrected chi connectivity index (χ4v) is 13.5. The number of carboxylic acids is 2. The number of likely N-dealkylation sites (N-methyl/N-ethyl adjacent to an activating group) is 2. The van der Waals surface area contributed by atoms with Gasteiger partial charge in [-0.25, -0.2) is 9.59 Å². The molecule has 504 valence electrons. The van der Waals surface area contributed by atoms with Gasteiger partial charge in [-0.15, -0.1) is 0 Å². The van der Waals surface area contributed by atoms with E-state index in [0.29, 0.717) is 49.9 Å². The molecule has 4 saturated heterocycles. The predicted octanol–water partition coefficient (Wildman–Crippen LogP) is 8.29. The Balaban J connectivity index is 0.000000160. The Labute approximate surface area is 564 Å². The minimum Gasteiger partial charge on any atom is -0.478 e. The lowest BCUT2D eigenvalue weighted by molar-refractivity contribution is 0.0686. The quantitative estimate of drug-likeness (QED) is 0.0474. The van der Waals surface area contributed by atoms with Gasteiger partial charge in [0.15, 0.2) is 0 Å². The number of likely N-dealkylation sites (tertiary alicyclic amines) is 2. The van der Waals surface area contributed by atoms with Crippen molar-refractivity contribution in [3.63, 3.8) is 0 Å². The largest absolute Gasteiger partial charge is 0.478 e. The number of piperidine rings is 2. The van der Waals surface area contributed by atoms with Gasteiger partial charge in [0.05, 0.1) is 56.7 Å². The molecule has 0 unspecified atom stereocenters. The highest BCUT2D eigenvalue weighted by atomic mass is 16.4. The molecule has 4 fully saturated rings. The van der Waals surface area contributed by atoms with E-state index >= 15 is 0 Å². The zero-order chi connectivity index (χ0) is 66.9. The number of piperazine rings is 2. The number of hydrogen-bond acceptors (Lipinski definition) is 16. The number of rotatable bonds is 18. The lowest BCUT2D eigenvalue weighted by atomic mass is 9.98. The summed E-state index contributed by atoms with van der Waals surface area (Å²) in [5.41, 5.74) is 28.2. The van der Waals surface area contributed by atoms with Gasteiger partial charge in [-0.1, -0.05) is 61.4 Å². The molecular formula is C76H94N14O6. The van der Waals surface area contributed by atoms with E-state index in [1.165, 1.54) is 77.8 Å². The van der Waals surface area contributed by atoms with E-state index < -0.39 is 11.9 Å². The fourth-order valence-electron chi connectivity index (χ4n) is 13.5. The second kappa shape index (κ2) is 33.5. The Morgan fingerprint density at radius 1 is 0.365 bits per heavy atom. The van der Waals surface area contributed by atoms with Crippen molar-refractivity contribution in [1.29, 1.82) is 0 Å². The van der Waals surface area contributed by atoms with Crippen molar-refractivity contribution < 1.29 is 29.4 Å². The minimum atomic E-state index is -0.940. The van der Waals surface area contributed by atoms with Crippen LogP contribution in [-0.2, 0) is 25.7 Å². The van der Waals surface area contributed by atoms with Crippen LogP contribution < -0.4 is 22.1 Å². The Bertz CT molecular complexity index is 3730. The van der Waals surface area contributed by atoms with Crippen molar-refractivity contribution in [2.75, 3.05) is 145 Å². The molecule has 2 amide bonds. The third-order valence-corrected chi connectivity index (χ3v) is 19.3. The maximum absolute atomic E-state index is 12.9. The van der Waals surface area contributed by atoms with Crippen LogP contribution in [0.5, 0.6) is 0 Å². The maximum atomic E-state index is 12.9. The van der Waals surface area contributed by atoms with Crippen molar-refractivity contribution in [2.45, 2.75) is 64.2 Å². The van der Waals surface area contributed by atoms with Gasteiger partial charge < -0.3 is 51.9 Å². The number of nitrogens with two attached hydrogens (primary N) is 2. The molecule has 0 bridgehead atoms. The second-order valence-corrected chi connectivity index (χ2v) is 26.3. The average Bonchev–Trinajstić information content (AvgIpc) is 2.28. The molecule has 0 radical (unpaired) electrons. The molecule has 0 aliphatic carbocycles. The maximum Gasteiger partial charge on any atom is 0.335 e. The normalized spacial score (nSPS) is 17.9. The van der Waals surface area contributed by atoms with Gasteiger partial charge >= 0.3 is 11.9 Å². The molecule has 8 aliphatic heterocycles. The monoisotopic (exact) mass is 1300 g/mol. The standard InChI is InChI=1S/C38H45N7O2.C24H16N2O4.C7H17N3.C7H16N2/c1-43-19-21-45(22-20-43)18-14-40-38(47)30-10-12-34-32(24-30)26-36(42-34)28-7-5-27(6-8-28)35-25-31-23-29(9-11-33(31)41-35)37(46)39-13-17-44-15-3-2-4-16-44;27-23(28)15-5-7-19-17(9-15)11-21(25-19)13-1-2-14(4-3-13)22-12-18-10-16(24(29)30)6-8-20(18)26-22;1-9-4-6-10(3-2-8)7-5-9;8-4-7-9-5-2-1-3-6-9/h5-12,23-24H,2-4,13-22,25-26H2,1H3,(H,39,46)(H,40,47);1-10H,11-12H2,(H,27,28)(H,29,30);2-8H2,1H3;1-8H2. The number of amides is 2. The average molecular weight is 1300 g/mol. The van der Waals surface area contributed by atoms with Crippen LogP contribution in [0.25, 0.3) is 0 Å². The van der Waals surface area contributed by atoms with Crippen LogP contribution in [0, 0.1) is 0 Å². The van der Waals surface area contributed by atoms with E-state index in [0.717, 1.165) is 169 Å². The molecule has 8 N–H and O–H groups in total. The lowest BCUT2D eigenvalue weighted by Crippen LogP contribution is -2.46. The smallest absolute Gasteiger partial charge is 0.335 e. The molecule has 0 aromatic heterocycles. The molecule has 8 heterocycles. The number of nitrogens with zero attached hydrogens (tertiary/aromatic N) is 10. The molecule has 0 saturated carbocycles. The Hall–Kier alpha value is -8.44. The molecule has 6 aromatic rings. The van der Waals surface area contributed by atoms with E-state index in [2.05, 4.69) is 88.4 Å². The highest BCUT2D eigenvalue weighted by Crippen LogP contribution is 2.35. The molecule has 20 nitrogen and oxygen atoms in total. The highest BCUT2D eigenvalue weighted by molar-refractivity contribution is 6.11. The van der Waals surface area contributed by atoms with Crippen molar-refractivity contribution >= 4 is 69.3 Å². The fraction of sp³-hybridized carbons (Fsp3) is 0.421. The SMILES string of the molecule is CN1CCN(CCN)CC1.CN1CCN(CCNC(=O)c2ccc3c(c2)CC(c2ccc(C4=Nc5ccc(C(=O)NCCN6CCCCC6)cc5C4)cc2)=N3)CC1.NCCN1CCCCC1.O=C(O)c1ccc2c(c1)CC(c1ccc(C3=Nc4ccc(C(=O)O)cc4C3)cc1)=N2. The molecular weight excluding hydrogens is 1200 g/mol. The summed E-state index contributed by atoms with van der Waals surface area (Å²) in [5.74, 6) is -1.93. The Kier molecular flexibility index (Phi) is 24.0. The first kappa shape index (κ1) is 68.9. The Morgan fingerprint density at radius 3 is 0.938 bits per heavy atom. The van der Waals surface area contributed by atoms with E-state index in [1.807, 2.05) is 60.7 Å². The van der Waals surface area contributed by atoms with E-state index in [-0.39, 0.29) is 22.9 Å². The van der Waals surface area contributed by atoms with Crippen molar-refractivity contribution in [2.24, 2.45) is 31.4 Å². The van der Waals surface area contributed by atoms with Crippen LogP contribution in [0.1, 0.15) is 124 Å². The first-order valence-electron chi connectivity index (χ1n) is 34.5. The number of benzene rings is 6. The first-order valence-corrected chi connectivity index (χ1v) is 34.5. The van der Waals surface area contributed by atoms with Gasteiger partial charge in [0.25, 0.3) is 11.8 Å². The summed E-state index contributed by atoms with van der Waals surface area (Å²) in [4.78, 5) is 81.5. The number of hydrogen-bond donors (Lipinski definition) is 6. The van der Waals surface area contributed by atoms with E-state index in [1.54, 1.807) is 36.4 Å². The van der Waals surface area contributed by atoms with Gasteiger partial charge in [-0.2, -0.15) is 0 Å². The summed E-state index contributed by atoms with van der Waals surface area (Å²) in [6.07, 6.45) is 10.6. The molecule has 6 aromatic carbocycles. The van der Waals surface area contributed by atoms with E-state index in [9.17, 15) is 19.2 Å². The van der Waals surface area contributed by atoms with Crippen LogP contribution >= 0.6 is 0 Å². The van der Waals surface area contributed by atoms with Crippen molar-refractivity contribution in [3.05, 3.63) is 188 Å². The predicted molar refractivity (Wildman–Crippen MR) is 383 cm³/mol. The summed E-state index contributed by atoms with van der Waals surface area (Å²) >= 11 is 0. The van der Waals surface area contributed by atoms with Crippen LogP contribution in [0.15, 0.2) is 141 Å². The van der Waals surface area contributed by atoms with Gasteiger partial charge in [0.2, 0.25) is 0 Å². The molecule has 20 heteroatoms. The number of carbonyl (C=O) groups is 4. The number of carboxylic acid groups (broad SMARTS) is 2. The second-order valence-electron chi connectivity index (χ2n) is 26.3. The number of nitrogens with one attached hydrogen (secondary N) is 2. The zero-order valence-electron chi connectivity index (χ0n) is 55.9. The first-order chi connectivity index (χ1) is 46.7. The van der Waals surface area contributed by atoms with Crippen molar-refractivity contribution in [1.82, 2.24) is 40.0 Å². The number of fused-ring (bicyclic) bond motifs is 4. The lowest BCUT2D eigenvalue weighted by Gasteiger charge is -2.32. The molecule has 0 spiro atoms. The number of aliphatic imine (C=N–C) groups is 4. The zero-order valence-corrected chi connectivity index (χ0v) is 55.9. The summed E-state index contributed by atoms with van der Waals surface area (Å²) in [5, 5.41) is 24.5. The third kappa shape index (κ3) is 18.6. The summed E-state index contributed by atoms with van der Waals surface area (Å²) in [7, 11) is 4.32. The molecule has 0 atom stereocenters. The van der Waals surface area contributed by atoms with Gasteiger partial charge in [-0.3, -0.25) is 39.4 Å². The summed E-state index contributed by atoms with van der Waals surface area (Å²) in [6, 6.07) is 38.1. The van der Waals surface area contributed by atoms with Gasteiger partial charge in [0.1, 0.15) is 0 Å². The van der Waals surface area contributed by atoms with Crippen LogP contribution in [0.3, 0.4) is 0 Å². The molecule has 14 rings (SSSR count). The number of carbonyl (C=O) groups excluding carboxylic acids is 2. The van der Waals surface area contributed by atoms with E-state index in [4.69, 9.17) is 31.7 Å². The summed E-state index contributed by atoms with van der Waals surface area (Å²) < 4.78 is 0. The Morgan fingerprint density at radius 2 is 0.635 bits per heavy atom. The van der Waals surface area contributed by atoms with Gasteiger partial charge in [-0.05, 0) is 183 Å². The number of aromatic carboxylic acids is 2. The van der Waals surface area contributed by atoms with Crippen molar-refractivity contribution in [3.8, 4) is 0 Å².